The number of hydrogen-bond donors (Lipinski definition) is 2. The highest BCUT2D eigenvalue weighted by molar-refractivity contribution is 5.17. The standard InChI is InChI=1S/C11H10N2O3/c14-9-6-10(15)13(11(16)12-9)7-8-4-2-1-3-5-8/h1-6,15H,7H2,(H,12,14,16). The maximum atomic E-state index is 11.4. The molecule has 0 aliphatic rings. The van der Waals surface area contributed by atoms with Crippen molar-refractivity contribution in [2.24, 2.45) is 0 Å². The summed E-state index contributed by atoms with van der Waals surface area (Å²) >= 11 is 0. The second-order valence-electron chi connectivity index (χ2n) is 3.37. The van der Waals surface area contributed by atoms with E-state index < -0.39 is 11.2 Å². The van der Waals surface area contributed by atoms with E-state index in [0.717, 1.165) is 16.2 Å². The number of benzene rings is 1. The van der Waals surface area contributed by atoms with E-state index in [9.17, 15) is 14.7 Å². The molecule has 0 saturated carbocycles. The number of nitrogens with zero attached hydrogens (tertiary/aromatic N) is 1. The van der Waals surface area contributed by atoms with E-state index in [-0.39, 0.29) is 12.4 Å². The highest BCUT2D eigenvalue weighted by Gasteiger charge is 2.04. The Balaban J connectivity index is 2.43. The summed E-state index contributed by atoms with van der Waals surface area (Å²) in [6.45, 7) is 0.224. The molecule has 1 heterocycles. The van der Waals surface area contributed by atoms with Crippen molar-refractivity contribution in [1.82, 2.24) is 9.55 Å². The summed E-state index contributed by atoms with van der Waals surface area (Å²) in [5, 5.41) is 9.48. The van der Waals surface area contributed by atoms with Gasteiger partial charge in [0.15, 0.2) is 0 Å². The normalized spacial score (nSPS) is 10.2. The zero-order chi connectivity index (χ0) is 11.5. The minimum Gasteiger partial charge on any atom is -0.494 e. The van der Waals surface area contributed by atoms with Crippen LogP contribution in [0.1, 0.15) is 5.56 Å². The van der Waals surface area contributed by atoms with Crippen molar-refractivity contribution in [2.75, 3.05) is 0 Å². The molecule has 0 aliphatic heterocycles. The Morgan fingerprint density at radius 3 is 2.50 bits per heavy atom. The third-order valence-corrected chi connectivity index (χ3v) is 2.20. The molecule has 0 saturated heterocycles. The van der Waals surface area contributed by atoms with Crippen LogP contribution in [0.2, 0.25) is 0 Å². The molecular formula is C11H10N2O3. The van der Waals surface area contributed by atoms with Crippen molar-refractivity contribution in [3.8, 4) is 5.88 Å². The summed E-state index contributed by atoms with van der Waals surface area (Å²) in [5.74, 6) is -0.336. The first kappa shape index (κ1) is 10.2. The predicted octanol–water partition coefficient (Wildman–Crippen LogP) is 0.290. The molecule has 5 heteroatoms. The van der Waals surface area contributed by atoms with Crippen molar-refractivity contribution in [1.29, 1.82) is 0 Å². The van der Waals surface area contributed by atoms with Gasteiger partial charge < -0.3 is 5.11 Å². The van der Waals surface area contributed by atoms with Crippen LogP contribution in [-0.4, -0.2) is 14.7 Å². The van der Waals surface area contributed by atoms with Gasteiger partial charge in [0.2, 0.25) is 5.88 Å². The van der Waals surface area contributed by atoms with Crippen LogP contribution in [0.3, 0.4) is 0 Å². The Labute approximate surface area is 90.6 Å². The summed E-state index contributed by atoms with van der Waals surface area (Å²) in [6.07, 6.45) is 0. The minimum atomic E-state index is -0.617. The largest absolute Gasteiger partial charge is 0.494 e. The second kappa shape index (κ2) is 4.06. The lowest BCUT2D eigenvalue weighted by Gasteiger charge is -2.06. The van der Waals surface area contributed by atoms with E-state index >= 15 is 0 Å². The molecule has 2 aromatic rings. The van der Waals surface area contributed by atoms with Gasteiger partial charge in [0.25, 0.3) is 5.56 Å². The number of rotatable bonds is 2. The van der Waals surface area contributed by atoms with Crippen LogP contribution in [0, 0.1) is 0 Å². The quantitative estimate of drug-likeness (QED) is 0.760. The van der Waals surface area contributed by atoms with Crippen LogP contribution in [0.5, 0.6) is 5.88 Å². The summed E-state index contributed by atoms with van der Waals surface area (Å²) in [4.78, 5) is 24.4. The van der Waals surface area contributed by atoms with E-state index in [1.54, 1.807) is 0 Å². The maximum absolute atomic E-state index is 11.4. The monoisotopic (exact) mass is 218 g/mol. The molecule has 0 radical (unpaired) electrons. The van der Waals surface area contributed by atoms with E-state index in [2.05, 4.69) is 4.98 Å². The Hall–Kier alpha value is -2.30. The predicted molar refractivity (Wildman–Crippen MR) is 58.5 cm³/mol. The molecule has 2 N–H and O–H groups in total. The number of H-pyrrole nitrogens is 1. The average molecular weight is 218 g/mol. The number of nitrogens with one attached hydrogen (secondary N) is 1. The zero-order valence-electron chi connectivity index (χ0n) is 8.38. The number of aromatic amines is 1. The molecule has 16 heavy (non-hydrogen) atoms. The summed E-state index contributed by atoms with van der Waals surface area (Å²) in [5.41, 5.74) is -0.354. The molecule has 0 fully saturated rings. The Morgan fingerprint density at radius 1 is 1.19 bits per heavy atom. The van der Waals surface area contributed by atoms with Gasteiger partial charge in [0.1, 0.15) is 0 Å². The van der Waals surface area contributed by atoms with E-state index in [4.69, 9.17) is 0 Å². The van der Waals surface area contributed by atoms with Crippen molar-refractivity contribution in [2.45, 2.75) is 6.54 Å². The smallest absolute Gasteiger partial charge is 0.331 e. The highest BCUT2D eigenvalue weighted by Crippen LogP contribution is 2.05. The van der Waals surface area contributed by atoms with Gasteiger partial charge in [-0.05, 0) is 5.56 Å². The number of aromatic nitrogens is 2. The van der Waals surface area contributed by atoms with Gasteiger partial charge in [-0.1, -0.05) is 30.3 Å². The van der Waals surface area contributed by atoms with E-state index in [1.165, 1.54) is 0 Å². The van der Waals surface area contributed by atoms with Gasteiger partial charge in [0.05, 0.1) is 12.6 Å². The first-order valence-corrected chi connectivity index (χ1v) is 4.74. The third kappa shape index (κ3) is 2.03. The topological polar surface area (TPSA) is 75.1 Å². The van der Waals surface area contributed by atoms with E-state index in [1.807, 2.05) is 30.3 Å². The Bertz CT molecular complexity index is 599. The average Bonchev–Trinajstić information content (AvgIpc) is 2.25. The van der Waals surface area contributed by atoms with Gasteiger partial charge in [-0.25, -0.2) is 4.79 Å². The first-order chi connectivity index (χ1) is 7.66. The number of hydrogen-bond acceptors (Lipinski definition) is 3. The molecule has 82 valence electrons. The molecule has 5 nitrogen and oxygen atoms in total. The fraction of sp³-hybridized carbons (Fsp3) is 0.0909. The van der Waals surface area contributed by atoms with Gasteiger partial charge >= 0.3 is 5.69 Å². The van der Waals surface area contributed by atoms with Gasteiger partial charge in [-0.2, -0.15) is 0 Å². The van der Waals surface area contributed by atoms with Gasteiger partial charge in [-0.3, -0.25) is 14.3 Å². The van der Waals surface area contributed by atoms with Gasteiger partial charge in [-0.15, -0.1) is 0 Å². The summed E-state index contributed by atoms with van der Waals surface area (Å²) in [7, 11) is 0. The van der Waals surface area contributed by atoms with Crippen molar-refractivity contribution < 1.29 is 5.11 Å². The highest BCUT2D eigenvalue weighted by atomic mass is 16.3. The lowest BCUT2D eigenvalue weighted by Crippen LogP contribution is -2.29. The molecule has 0 unspecified atom stereocenters. The molecule has 0 aliphatic carbocycles. The van der Waals surface area contributed by atoms with Crippen LogP contribution in [0.25, 0.3) is 0 Å². The molecule has 1 aromatic heterocycles. The Kier molecular flexibility index (Phi) is 2.59. The number of aromatic hydroxyl groups is 1. The second-order valence-corrected chi connectivity index (χ2v) is 3.37. The molecule has 0 amide bonds. The third-order valence-electron chi connectivity index (χ3n) is 2.20. The minimum absolute atomic E-state index is 0.224. The van der Waals surface area contributed by atoms with Crippen LogP contribution < -0.4 is 11.2 Å². The van der Waals surface area contributed by atoms with Crippen LogP contribution in [0.15, 0.2) is 46.0 Å². The Morgan fingerprint density at radius 2 is 1.88 bits per heavy atom. The van der Waals surface area contributed by atoms with Crippen LogP contribution in [-0.2, 0) is 6.54 Å². The van der Waals surface area contributed by atoms with Crippen LogP contribution in [0.4, 0.5) is 0 Å². The van der Waals surface area contributed by atoms with E-state index in [0.29, 0.717) is 0 Å². The first-order valence-electron chi connectivity index (χ1n) is 4.74. The fourth-order valence-electron chi connectivity index (χ4n) is 1.43. The molecule has 0 atom stereocenters. The molecule has 1 aromatic carbocycles. The molecular weight excluding hydrogens is 208 g/mol. The fourth-order valence-corrected chi connectivity index (χ4v) is 1.43. The van der Waals surface area contributed by atoms with Crippen LogP contribution >= 0.6 is 0 Å². The van der Waals surface area contributed by atoms with Crippen molar-refractivity contribution in [3.63, 3.8) is 0 Å². The van der Waals surface area contributed by atoms with Crippen molar-refractivity contribution >= 4 is 0 Å². The molecule has 0 bridgehead atoms. The summed E-state index contributed by atoms with van der Waals surface area (Å²) < 4.78 is 1.09. The lowest BCUT2D eigenvalue weighted by molar-refractivity contribution is 0.409. The maximum Gasteiger partial charge on any atom is 0.331 e. The summed E-state index contributed by atoms with van der Waals surface area (Å²) in [6, 6.07) is 10.2. The SMILES string of the molecule is O=c1cc(O)n(Cc2ccccc2)c(=O)[nH]1. The molecule has 2 rings (SSSR count). The zero-order valence-corrected chi connectivity index (χ0v) is 8.38. The lowest BCUT2D eigenvalue weighted by atomic mass is 10.2. The van der Waals surface area contributed by atoms with Crippen molar-refractivity contribution in [3.05, 3.63) is 62.8 Å². The van der Waals surface area contributed by atoms with Gasteiger partial charge in [0, 0.05) is 0 Å². The molecule has 0 spiro atoms.